The van der Waals surface area contributed by atoms with Crippen LogP contribution in [-0.2, 0) is 0 Å². The minimum Gasteiger partial charge on any atom is -0.378 e. The number of carbonyl (C=O) groups excluding carboxylic acids is 1. The molecule has 0 aromatic heterocycles. The molecule has 0 saturated carbocycles. The predicted octanol–water partition coefficient (Wildman–Crippen LogP) is 4.61. The molecule has 3 aromatic carbocycles. The number of piperazine rings is 1. The Bertz CT molecular complexity index is 970. The Balaban J connectivity index is 1.51. The van der Waals surface area contributed by atoms with E-state index in [1.165, 1.54) is 11.1 Å². The van der Waals surface area contributed by atoms with Gasteiger partial charge in [0.1, 0.15) is 0 Å². The Morgan fingerprint density at radius 3 is 1.87 bits per heavy atom. The van der Waals surface area contributed by atoms with Crippen molar-refractivity contribution in [1.82, 2.24) is 9.80 Å². The highest BCUT2D eigenvalue weighted by Crippen LogP contribution is 2.30. The van der Waals surface area contributed by atoms with Crippen LogP contribution < -0.4 is 4.90 Å². The monoisotopic (exact) mass is 413 g/mol. The standard InChI is InChI=1S/C27H31N3O/c1-21-18-24(20-25(19-21)28(2)3)27(31)30-16-14-29(15-17-30)26(22-10-6-4-7-11-22)23-12-8-5-9-13-23/h4-13,18-20,26H,14-17H2,1-3H3. The van der Waals surface area contributed by atoms with Crippen molar-refractivity contribution >= 4 is 11.6 Å². The summed E-state index contributed by atoms with van der Waals surface area (Å²) in [5.41, 5.74) is 5.54. The van der Waals surface area contributed by atoms with Crippen LogP contribution in [0.25, 0.3) is 0 Å². The van der Waals surface area contributed by atoms with Crippen molar-refractivity contribution in [2.75, 3.05) is 45.2 Å². The molecule has 0 bridgehead atoms. The third-order valence-corrected chi connectivity index (χ3v) is 6.02. The van der Waals surface area contributed by atoms with Gasteiger partial charge < -0.3 is 9.80 Å². The molecule has 1 aliphatic rings. The molecular formula is C27H31N3O. The molecule has 0 unspecified atom stereocenters. The second-order valence-electron chi connectivity index (χ2n) is 8.50. The van der Waals surface area contributed by atoms with E-state index in [-0.39, 0.29) is 11.9 Å². The van der Waals surface area contributed by atoms with E-state index in [1.54, 1.807) is 0 Å². The number of carbonyl (C=O) groups is 1. The summed E-state index contributed by atoms with van der Waals surface area (Å²) >= 11 is 0. The first-order chi connectivity index (χ1) is 15.0. The molecule has 1 heterocycles. The summed E-state index contributed by atoms with van der Waals surface area (Å²) in [5.74, 6) is 0.127. The van der Waals surface area contributed by atoms with Crippen molar-refractivity contribution in [3.63, 3.8) is 0 Å². The lowest BCUT2D eigenvalue weighted by Crippen LogP contribution is -2.49. The van der Waals surface area contributed by atoms with Crippen molar-refractivity contribution in [2.45, 2.75) is 13.0 Å². The second-order valence-corrected chi connectivity index (χ2v) is 8.50. The topological polar surface area (TPSA) is 26.8 Å². The van der Waals surface area contributed by atoms with Gasteiger partial charge in [0, 0.05) is 51.5 Å². The fraction of sp³-hybridized carbons (Fsp3) is 0.296. The number of rotatable bonds is 5. The fourth-order valence-corrected chi connectivity index (χ4v) is 4.40. The lowest BCUT2D eigenvalue weighted by molar-refractivity contribution is 0.0597. The maximum absolute atomic E-state index is 13.2. The molecule has 4 nitrogen and oxygen atoms in total. The zero-order chi connectivity index (χ0) is 21.8. The van der Waals surface area contributed by atoms with Crippen LogP contribution >= 0.6 is 0 Å². The van der Waals surface area contributed by atoms with Crippen molar-refractivity contribution in [3.05, 3.63) is 101 Å². The Kier molecular flexibility index (Phi) is 6.38. The average Bonchev–Trinajstić information content (AvgIpc) is 2.80. The van der Waals surface area contributed by atoms with E-state index in [1.807, 2.05) is 43.0 Å². The third-order valence-electron chi connectivity index (χ3n) is 6.02. The molecule has 3 aromatic rings. The van der Waals surface area contributed by atoms with Gasteiger partial charge in [-0.15, -0.1) is 0 Å². The van der Waals surface area contributed by atoms with E-state index >= 15 is 0 Å². The molecule has 1 fully saturated rings. The minimum atomic E-state index is 0.127. The average molecular weight is 414 g/mol. The Labute approximate surface area is 185 Å². The maximum atomic E-state index is 13.2. The Morgan fingerprint density at radius 1 is 0.806 bits per heavy atom. The number of hydrogen-bond acceptors (Lipinski definition) is 3. The van der Waals surface area contributed by atoms with Crippen LogP contribution in [-0.4, -0.2) is 56.0 Å². The molecule has 31 heavy (non-hydrogen) atoms. The summed E-state index contributed by atoms with van der Waals surface area (Å²) < 4.78 is 0. The molecular weight excluding hydrogens is 382 g/mol. The number of hydrogen-bond donors (Lipinski definition) is 0. The van der Waals surface area contributed by atoms with Crippen LogP contribution in [0.4, 0.5) is 5.69 Å². The maximum Gasteiger partial charge on any atom is 0.254 e. The first kappa shape index (κ1) is 21.1. The zero-order valence-corrected chi connectivity index (χ0v) is 18.7. The lowest BCUT2D eigenvalue weighted by atomic mass is 9.96. The highest BCUT2D eigenvalue weighted by atomic mass is 16.2. The normalized spacial score (nSPS) is 14.6. The number of amides is 1. The van der Waals surface area contributed by atoms with Gasteiger partial charge in [-0.3, -0.25) is 9.69 Å². The summed E-state index contributed by atoms with van der Waals surface area (Å²) in [5, 5.41) is 0. The van der Waals surface area contributed by atoms with Crippen LogP contribution in [0.5, 0.6) is 0 Å². The van der Waals surface area contributed by atoms with Crippen LogP contribution in [0.3, 0.4) is 0 Å². The molecule has 160 valence electrons. The molecule has 0 atom stereocenters. The van der Waals surface area contributed by atoms with E-state index < -0.39 is 0 Å². The zero-order valence-electron chi connectivity index (χ0n) is 18.7. The highest BCUT2D eigenvalue weighted by molar-refractivity contribution is 5.95. The molecule has 1 saturated heterocycles. The summed E-state index contributed by atoms with van der Waals surface area (Å²) in [6, 6.07) is 27.6. The van der Waals surface area contributed by atoms with E-state index in [0.29, 0.717) is 0 Å². The second kappa shape index (κ2) is 9.36. The molecule has 0 N–H and O–H groups in total. The molecule has 4 heteroatoms. The third kappa shape index (κ3) is 4.80. The van der Waals surface area contributed by atoms with Gasteiger partial charge in [0.25, 0.3) is 5.91 Å². The van der Waals surface area contributed by atoms with Gasteiger partial charge >= 0.3 is 0 Å². The number of aryl methyl sites for hydroxylation is 1. The van der Waals surface area contributed by atoms with E-state index in [9.17, 15) is 4.79 Å². The SMILES string of the molecule is Cc1cc(C(=O)N2CCN(C(c3ccccc3)c3ccccc3)CC2)cc(N(C)C)c1. The Morgan fingerprint density at radius 2 is 1.35 bits per heavy atom. The van der Waals surface area contributed by atoms with Gasteiger partial charge in [-0.1, -0.05) is 60.7 Å². The largest absolute Gasteiger partial charge is 0.378 e. The number of benzene rings is 3. The first-order valence-electron chi connectivity index (χ1n) is 10.9. The highest BCUT2D eigenvalue weighted by Gasteiger charge is 2.28. The lowest BCUT2D eigenvalue weighted by Gasteiger charge is -2.40. The smallest absolute Gasteiger partial charge is 0.254 e. The van der Waals surface area contributed by atoms with Crippen LogP contribution in [0, 0.1) is 6.92 Å². The van der Waals surface area contributed by atoms with Crippen LogP contribution in [0.15, 0.2) is 78.9 Å². The summed E-state index contributed by atoms with van der Waals surface area (Å²) in [6.07, 6.45) is 0. The number of nitrogens with zero attached hydrogens (tertiary/aromatic N) is 3. The van der Waals surface area contributed by atoms with Crippen LogP contribution in [0.2, 0.25) is 0 Å². The molecule has 0 aliphatic carbocycles. The van der Waals surface area contributed by atoms with Crippen molar-refractivity contribution in [2.24, 2.45) is 0 Å². The molecule has 0 radical (unpaired) electrons. The van der Waals surface area contributed by atoms with Gasteiger partial charge in [-0.25, -0.2) is 0 Å². The first-order valence-corrected chi connectivity index (χ1v) is 10.9. The molecule has 1 amide bonds. The van der Waals surface area contributed by atoms with E-state index in [4.69, 9.17) is 0 Å². The molecule has 4 rings (SSSR count). The quantitative estimate of drug-likeness (QED) is 0.611. The molecule has 1 aliphatic heterocycles. The summed E-state index contributed by atoms with van der Waals surface area (Å²) in [6.45, 7) is 5.23. The number of anilines is 1. The summed E-state index contributed by atoms with van der Waals surface area (Å²) in [7, 11) is 4.02. The fourth-order valence-electron chi connectivity index (χ4n) is 4.40. The van der Waals surface area contributed by atoms with Gasteiger partial charge in [0.05, 0.1) is 6.04 Å². The van der Waals surface area contributed by atoms with Gasteiger partial charge in [0.15, 0.2) is 0 Å². The van der Waals surface area contributed by atoms with Crippen molar-refractivity contribution in [1.29, 1.82) is 0 Å². The van der Waals surface area contributed by atoms with Gasteiger partial charge in [0.2, 0.25) is 0 Å². The van der Waals surface area contributed by atoms with Crippen molar-refractivity contribution in [3.8, 4) is 0 Å². The van der Waals surface area contributed by atoms with Crippen molar-refractivity contribution < 1.29 is 4.79 Å². The van der Waals surface area contributed by atoms with Gasteiger partial charge in [-0.2, -0.15) is 0 Å². The van der Waals surface area contributed by atoms with E-state index in [0.717, 1.165) is 43.0 Å². The van der Waals surface area contributed by atoms with Crippen LogP contribution in [0.1, 0.15) is 33.1 Å². The minimum absolute atomic E-state index is 0.127. The van der Waals surface area contributed by atoms with Gasteiger partial charge in [-0.05, 0) is 41.8 Å². The predicted molar refractivity (Wildman–Crippen MR) is 128 cm³/mol. The Hall–Kier alpha value is -3.11. The molecule has 0 spiro atoms. The summed E-state index contributed by atoms with van der Waals surface area (Å²) in [4.78, 5) is 19.8. The van der Waals surface area contributed by atoms with E-state index in [2.05, 4.69) is 71.6 Å².